The van der Waals surface area contributed by atoms with E-state index in [1.165, 1.54) is 24.7 Å². The van der Waals surface area contributed by atoms with E-state index in [2.05, 4.69) is 26.5 Å². The number of sulfone groups is 1. The van der Waals surface area contributed by atoms with Gasteiger partial charge in [0.2, 0.25) is 0 Å². The Balaban J connectivity index is 1.37. The zero-order chi connectivity index (χ0) is 29.7. The molecule has 0 radical (unpaired) electrons. The number of aromatic nitrogens is 2. The molecule has 5 rings (SSSR count). The summed E-state index contributed by atoms with van der Waals surface area (Å²) in [4.78, 5) is 8.79. The molecule has 214 valence electrons. The van der Waals surface area contributed by atoms with Crippen molar-refractivity contribution in [3.63, 3.8) is 0 Å². The van der Waals surface area contributed by atoms with Gasteiger partial charge in [0.25, 0.3) is 0 Å². The van der Waals surface area contributed by atoms with Crippen LogP contribution in [0.25, 0.3) is 22.2 Å². The minimum absolute atomic E-state index is 0.154. The predicted molar refractivity (Wildman–Crippen MR) is 162 cm³/mol. The van der Waals surface area contributed by atoms with E-state index in [-0.39, 0.29) is 24.7 Å². The zero-order valence-electron chi connectivity index (χ0n) is 22.5. The minimum atomic E-state index is -3.29. The van der Waals surface area contributed by atoms with Crippen LogP contribution < -0.4 is 15.4 Å². The number of hydrogen-bond acceptors (Lipinski definition) is 8. The fourth-order valence-corrected chi connectivity index (χ4v) is 5.47. The van der Waals surface area contributed by atoms with Crippen LogP contribution in [0.2, 0.25) is 5.02 Å². The monoisotopic (exact) mass is 604 g/mol. The quantitative estimate of drug-likeness (QED) is 0.169. The van der Waals surface area contributed by atoms with Crippen LogP contribution in [0, 0.1) is 18.2 Å². The summed E-state index contributed by atoms with van der Waals surface area (Å²) < 4.78 is 49.2. The lowest BCUT2D eigenvalue weighted by Crippen LogP contribution is -2.27. The normalized spacial score (nSPS) is 12.1. The van der Waals surface area contributed by atoms with Gasteiger partial charge in [-0.15, -0.1) is 6.42 Å². The van der Waals surface area contributed by atoms with Crippen LogP contribution in [-0.4, -0.2) is 36.9 Å². The van der Waals surface area contributed by atoms with Gasteiger partial charge in [-0.2, -0.15) is 0 Å². The molecular formula is C31H26ClFN4O4S. The number of halogens is 2. The molecule has 0 spiro atoms. The van der Waals surface area contributed by atoms with Crippen molar-refractivity contribution < 1.29 is 22.0 Å². The number of ether oxygens (including phenoxy) is 1. The van der Waals surface area contributed by atoms with Gasteiger partial charge in [0.05, 0.1) is 28.9 Å². The highest BCUT2D eigenvalue weighted by molar-refractivity contribution is 7.90. The molecule has 0 saturated heterocycles. The summed E-state index contributed by atoms with van der Waals surface area (Å²) in [7, 11) is -3.29. The van der Waals surface area contributed by atoms with Crippen molar-refractivity contribution in [2.75, 3.05) is 23.9 Å². The second kappa shape index (κ2) is 12.6. The number of furan rings is 1. The standard InChI is InChI=1S/C31H26ClFN4O4S/c1-3-13-34-27(18-42(2,38)39)30-12-11-28(41-30)21-7-9-26-24(15-21)31(36-19-35-26)37-23-8-10-29(25(32)16-23)40-17-20-5-4-6-22(33)14-20/h1,4-12,14-16,19,27,34H,13,17-18H2,2H3,(H,35,36,37). The molecule has 0 saturated carbocycles. The lowest BCUT2D eigenvalue weighted by molar-refractivity contribution is 0.306. The fraction of sp³-hybridized carbons (Fsp3) is 0.161. The van der Waals surface area contributed by atoms with Gasteiger partial charge in [0, 0.05) is 22.9 Å². The first kappa shape index (κ1) is 29.1. The van der Waals surface area contributed by atoms with E-state index in [0.29, 0.717) is 44.9 Å². The lowest BCUT2D eigenvalue weighted by Gasteiger charge is -2.14. The number of benzene rings is 3. The van der Waals surface area contributed by atoms with Crippen molar-refractivity contribution in [3.8, 4) is 29.4 Å². The number of rotatable bonds is 11. The maximum atomic E-state index is 13.5. The van der Waals surface area contributed by atoms with E-state index >= 15 is 0 Å². The number of anilines is 2. The van der Waals surface area contributed by atoms with Gasteiger partial charge in [-0.3, -0.25) is 5.32 Å². The van der Waals surface area contributed by atoms with Crippen LogP contribution in [0.5, 0.6) is 5.75 Å². The maximum Gasteiger partial charge on any atom is 0.149 e. The van der Waals surface area contributed by atoms with Crippen LogP contribution in [0.3, 0.4) is 0 Å². The van der Waals surface area contributed by atoms with Crippen molar-refractivity contribution in [2.24, 2.45) is 0 Å². The number of nitrogens with zero attached hydrogens (tertiary/aromatic N) is 2. The first-order chi connectivity index (χ1) is 20.2. The highest BCUT2D eigenvalue weighted by atomic mass is 35.5. The summed E-state index contributed by atoms with van der Waals surface area (Å²) in [6.45, 7) is 0.371. The SMILES string of the molecule is C#CCNC(CS(C)(=O)=O)c1ccc(-c2ccc3ncnc(Nc4ccc(OCc5cccc(F)c5)c(Cl)c4)c3c2)o1. The molecule has 1 atom stereocenters. The third-order valence-corrected chi connectivity index (χ3v) is 7.52. The van der Waals surface area contributed by atoms with Gasteiger partial charge in [-0.1, -0.05) is 29.7 Å². The largest absolute Gasteiger partial charge is 0.487 e. The Morgan fingerprint density at radius 2 is 1.95 bits per heavy atom. The molecular weight excluding hydrogens is 579 g/mol. The van der Waals surface area contributed by atoms with E-state index in [0.717, 1.165) is 10.9 Å². The summed E-state index contributed by atoms with van der Waals surface area (Å²) in [5.41, 5.74) is 2.82. The fourth-order valence-electron chi connectivity index (χ4n) is 4.35. The topological polar surface area (TPSA) is 106 Å². The van der Waals surface area contributed by atoms with E-state index in [1.54, 1.807) is 42.5 Å². The molecule has 42 heavy (non-hydrogen) atoms. The Hall–Kier alpha value is -4.43. The molecule has 1 unspecified atom stereocenters. The van der Waals surface area contributed by atoms with E-state index < -0.39 is 15.9 Å². The summed E-state index contributed by atoms with van der Waals surface area (Å²) in [6, 6.07) is 19.9. The van der Waals surface area contributed by atoms with Gasteiger partial charge >= 0.3 is 0 Å². The Morgan fingerprint density at radius 3 is 2.71 bits per heavy atom. The van der Waals surface area contributed by atoms with Crippen molar-refractivity contribution in [2.45, 2.75) is 12.6 Å². The number of fused-ring (bicyclic) bond motifs is 1. The van der Waals surface area contributed by atoms with Gasteiger partial charge in [0.15, 0.2) is 0 Å². The first-order valence-electron chi connectivity index (χ1n) is 12.8. The van der Waals surface area contributed by atoms with Crippen LogP contribution >= 0.6 is 11.6 Å². The molecule has 0 aliphatic heterocycles. The summed E-state index contributed by atoms with van der Waals surface area (Å²) >= 11 is 6.48. The lowest BCUT2D eigenvalue weighted by atomic mass is 10.1. The summed E-state index contributed by atoms with van der Waals surface area (Å²) in [6.07, 6.45) is 7.98. The third kappa shape index (κ3) is 7.25. The van der Waals surface area contributed by atoms with E-state index in [1.807, 2.05) is 18.2 Å². The molecule has 11 heteroatoms. The van der Waals surface area contributed by atoms with Crippen LogP contribution in [0.4, 0.5) is 15.9 Å². The average Bonchev–Trinajstić information content (AvgIpc) is 3.45. The van der Waals surface area contributed by atoms with Crippen molar-refractivity contribution >= 4 is 43.8 Å². The molecule has 5 aromatic rings. The van der Waals surface area contributed by atoms with Crippen LogP contribution in [-0.2, 0) is 16.4 Å². The van der Waals surface area contributed by atoms with E-state index in [4.69, 9.17) is 27.2 Å². The van der Waals surface area contributed by atoms with Crippen LogP contribution in [0.1, 0.15) is 17.4 Å². The van der Waals surface area contributed by atoms with Gasteiger partial charge < -0.3 is 14.5 Å². The van der Waals surface area contributed by atoms with Crippen molar-refractivity contribution in [3.05, 3.63) is 101 Å². The molecule has 3 aromatic carbocycles. The van der Waals surface area contributed by atoms with Gasteiger partial charge in [-0.25, -0.2) is 22.8 Å². The molecule has 0 aliphatic carbocycles. The Bertz CT molecular complexity index is 1890. The molecule has 2 heterocycles. The molecule has 8 nitrogen and oxygen atoms in total. The predicted octanol–water partition coefficient (Wildman–Crippen LogP) is 6.31. The summed E-state index contributed by atoms with van der Waals surface area (Å²) in [5, 5.41) is 7.41. The molecule has 0 amide bonds. The van der Waals surface area contributed by atoms with Crippen LogP contribution in [0.15, 0.2) is 83.5 Å². The number of terminal acetylenes is 1. The smallest absolute Gasteiger partial charge is 0.149 e. The maximum absolute atomic E-state index is 13.5. The Morgan fingerprint density at radius 1 is 1.10 bits per heavy atom. The highest BCUT2D eigenvalue weighted by Gasteiger charge is 2.21. The first-order valence-corrected chi connectivity index (χ1v) is 15.3. The minimum Gasteiger partial charge on any atom is -0.487 e. The number of hydrogen-bond donors (Lipinski definition) is 2. The van der Waals surface area contributed by atoms with Gasteiger partial charge in [0.1, 0.15) is 51.7 Å². The second-order valence-electron chi connectivity index (χ2n) is 9.58. The molecule has 0 fully saturated rings. The summed E-state index contributed by atoms with van der Waals surface area (Å²) in [5.74, 6) is 3.99. The van der Waals surface area contributed by atoms with Gasteiger partial charge in [-0.05, 0) is 66.2 Å². The Labute approximate surface area is 247 Å². The molecule has 2 N–H and O–H groups in total. The third-order valence-electron chi connectivity index (χ3n) is 6.29. The van der Waals surface area contributed by atoms with Crippen molar-refractivity contribution in [1.82, 2.24) is 15.3 Å². The zero-order valence-corrected chi connectivity index (χ0v) is 24.0. The molecule has 0 bridgehead atoms. The second-order valence-corrected chi connectivity index (χ2v) is 12.2. The Kier molecular flexibility index (Phi) is 8.73. The average molecular weight is 605 g/mol. The molecule has 0 aliphatic rings. The molecule has 2 aromatic heterocycles. The van der Waals surface area contributed by atoms with Crippen molar-refractivity contribution in [1.29, 1.82) is 0 Å². The van der Waals surface area contributed by atoms with E-state index in [9.17, 15) is 12.8 Å². The number of nitrogens with one attached hydrogen (secondary N) is 2. The highest BCUT2D eigenvalue weighted by Crippen LogP contribution is 2.33.